The van der Waals surface area contributed by atoms with Crippen LogP contribution in [0, 0.1) is 10.8 Å². The van der Waals surface area contributed by atoms with Crippen molar-refractivity contribution in [2.45, 2.75) is 33.6 Å². The van der Waals surface area contributed by atoms with E-state index in [0.717, 1.165) is 39.0 Å². The lowest BCUT2D eigenvalue weighted by molar-refractivity contribution is -0.151. The second-order valence-corrected chi connectivity index (χ2v) is 6.17. The van der Waals surface area contributed by atoms with Crippen LogP contribution in [0.25, 0.3) is 0 Å². The van der Waals surface area contributed by atoms with Gasteiger partial charge in [0.2, 0.25) is 0 Å². The highest BCUT2D eigenvalue weighted by molar-refractivity contribution is 5.85. The maximum atomic E-state index is 11.6. The summed E-state index contributed by atoms with van der Waals surface area (Å²) in [5, 5.41) is 0. The smallest absolute Gasteiger partial charge is 0.311 e. The van der Waals surface area contributed by atoms with E-state index in [0.29, 0.717) is 0 Å². The number of methoxy groups -OCH3 is 1. The van der Waals surface area contributed by atoms with Crippen LogP contribution < -0.4 is 5.73 Å². The fraction of sp³-hybridized carbons (Fsp3) is 0.923. The first-order chi connectivity index (χ1) is 7.83. The Kier molecular flexibility index (Phi) is 6.61. The third-order valence-electron chi connectivity index (χ3n) is 3.92. The monoisotopic (exact) mass is 278 g/mol. The summed E-state index contributed by atoms with van der Waals surface area (Å²) in [6.45, 7) is 9.93. The molecule has 0 amide bonds. The second kappa shape index (κ2) is 6.73. The molecule has 1 rings (SSSR count). The van der Waals surface area contributed by atoms with Gasteiger partial charge in [-0.3, -0.25) is 4.79 Å². The average molecular weight is 279 g/mol. The quantitative estimate of drug-likeness (QED) is 0.778. The number of carbonyl (C=O) groups excluding carboxylic acids is 1. The largest absolute Gasteiger partial charge is 0.469 e. The lowest BCUT2D eigenvalue weighted by Crippen LogP contribution is -2.34. The number of nitrogens with zero attached hydrogens (tertiary/aromatic N) is 1. The first-order valence-corrected chi connectivity index (χ1v) is 6.34. The molecule has 4 nitrogen and oxygen atoms in total. The van der Waals surface area contributed by atoms with Crippen LogP contribution in [-0.4, -0.2) is 44.2 Å². The van der Waals surface area contributed by atoms with Crippen LogP contribution in [0.5, 0.6) is 0 Å². The number of halogens is 1. The van der Waals surface area contributed by atoms with Crippen molar-refractivity contribution >= 4 is 18.4 Å². The molecule has 0 aromatic carbocycles. The predicted octanol–water partition coefficient (Wildman–Crippen LogP) is 1.67. The van der Waals surface area contributed by atoms with Crippen LogP contribution >= 0.6 is 12.4 Å². The molecule has 1 saturated heterocycles. The SMILES string of the molecule is COC(=O)C(C)(C)CCN1CCC(C)(CN)C1.Cl. The molecule has 0 aromatic heterocycles. The molecule has 5 heteroatoms. The molecule has 108 valence electrons. The van der Waals surface area contributed by atoms with Crippen molar-refractivity contribution in [2.75, 3.05) is 33.3 Å². The van der Waals surface area contributed by atoms with Gasteiger partial charge in [0.1, 0.15) is 0 Å². The van der Waals surface area contributed by atoms with Gasteiger partial charge < -0.3 is 15.4 Å². The van der Waals surface area contributed by atoms with E-state index in [-0.39, 0.29) is 23.8 Å². The Hall–Kier alpha value is -0.320. The minimum Gasteiger partial charge on any atom is -0.469 e. The van der Waals surface area contributed by atoms with Crippen molar-refractivity contribution < 1.29 is 9.53 Å². The normalized spacial score (nSPS) is 24.7. The van der Waals surface area contributed by atoms with Crippen molar-refractivity contribution in [3.8, 4) is 0 Å². The second-order valence-electron chi connectivity index (χ2n) is 6.17. The molecule has 0 bridgehead atoms. The number of nitrogens with two attached hydrogens (primary N) is 1. The van der Waals surface area contributed by atoms with Crippen LogP contribution in [0.3, 0.4) is 0 Å². The summed E-state index contributed by atoms with van der Waals surface area (Å²) in [6.07, 6.45) is 1.99. The van der Waals surface area contributed by atoms with E-state index in [2.05, 4.69) is 11.8 Å². The van der Waals surface area contributed by atoms with E-state index < -0.39 is 5.41 Å². The molecule has 1 aliphatic rings. The van der Waals surface area contributed by atoms with Gasteiger partial charge in [-0.15, -0.1) is 12.4 Å². The minimum atomic E-state index is -0.392. The van der Waals surface area contributed by atoms with Crippen molar-refractivity contribution in [2.24, 2.45) is 16.6 Å². The maximum Gasteiger partial charge on any atom is 0.311 e. The van der Waals surface area contributed by atoms with E-state index in [4.69, 9.17) is 10.5 Å². The number of ether oxygens (including phenoxy) is 1. The summed E-state index contributed by atoms with van der Waals surface area (Å²) in [5.41, 5.74) is 5.65. The Morgan fingerprint density at radius 3 is 2.56 bits per heavy atom. The zero-order valence-electron chi connectivity index (χ0n) is 12.0. The minimum absolute atomic E-state index is 0. The molecular weight excluding hydrogens is 252 g/mol. The van der Waals surface area contributed by atoms with E-state index in [9.17, 15) is 4.79 Å². The summed E-state index contributed by atoms with van der Waals surface area (Å²) in [7, 11) is 1.45. The molecule has 1 heterocycles. The van der Waals surface area contributed by atoms with Gasteiger partial charge >= 0.3 is 5.97 Å². The highest BCUT2D eigenvalue weighted by Gasteiger charge is 2.34. The number of hydrogen-bond acceptors (Lipinski definition) is 4. The van der Waals surface area contributed by atoms with Crippen LogP contribution in [-0.2, 0) is 9.53 Å². The maximum absolute atomic E-state index is 11.6. The molecule has 0 aromatic rings. The Balaban J connectivity index is 0.00000289. The molecule has 1 fully saturated rings. The Morgan fingerprint density at radius 1 is 1.50 bits per heavy atom. The molecule has 18 heavy (non-hydrogen) atoms. The van der Waals surface area contributed by atoms with Gasteiger partial charge in [-0.25, -0.2) is 0 Å². The lowest BCUT2D eigenvalue weighted by atomic mass is 9.89. The van der Waals surface area contributed by atoms with Gasteiger partial charge in [0.05, 0.1) is 12.5 Å². The molecule has 1 unspecified atom stereocenters. The Morgan fingerprint density at radius 2 is 2.11 bits per heavy atom. The lowest BCUT2D eigenvalue weighted by Gasteiger charge is -2.26. The highest BCUT2D eigenvalue weighted by atomic mass is 35.5. The van der Waals surface area contributed by atoms with Gasteiger partial charge in [0, 0.05) is 6.54 Å². The van der Waals surface area contributed by atoms with Gasteiger partial charge in [-0.1, -0.05) is 6.92 Å². The summed E-state index contributed by atoms with van der Waals surface area (Å²) < 4.78 is 4.81. The summed E-state index contributed by atoms with van der Waals surface area (Å²) in [4.78, 5) is 14.0. The van der Waals surface area contributed by atoms with Crippen LogP contribution in [0.1, 0.15) is 33.6 Å². The first-order valence-electron chi connectivity index (χ1n) is 6.34. The fourth-order valence-electron chi connectivity index (χ4n) is 2.30. The zero-order chi connectivity index (χ0) is 13.1. The van der Waals surface area contributed by atoms with Gasteiger partial charge in [0.25, 0.3) is 0 Å². The van der Waals surface area contributed by atoms with E-state index in [1.807, 2.05) is 13.8 Å². The number of rotatable bonds is 5. The number of hydrogen-bond donors (Lipinski definition) is 1. The number of likely N-dealkylation sites (tertiary alicyclic amines) is 1. The van der Waals surface area contributed by atoms with Gasteiger partial charge in [-0.2, -0.15) is 0 Å². The molecular formula is C13H27ClN2O2. The molecule has 2 N–H and O–H groups in total. The fourth-order valence-corrected chi connectivity index (χ4v) is 2.30. The van der Waals surface area contributed by atoms with Crippen molar-refractivity contribution in [1.82, 2.24) is 4.90 Å². The summed E-state index contributed by atoms with van der Waals surface area (Å²) >= 11 is 0. The molecule has 0 spiro atoms. The van der Waals surface area contributed by atoms with E-state index in [1.165, 1.54) is 7.11 Å². The third-order valence-corrected chi connectivity index (χ3v) is 3.92. The molecule has 1 atom stereocenters. The van der Waals surface area contributed by atoms with Crippen LogP contribution in [0.4, 0.5) is 0 Å². The van der Waals surface area contributed by atoms with Gasteiger partial charge in [0.15, 0.2) is 0 Å². The zero-order valence-corrected chi connectivity index (χ0v) is 12.8. The molecule has 0 radical (unpaired) electrons. The van der Waals surface area contributed by atoms with Gasteiger partial charge in [-0.05, 0) is 51.7 Å². The predicted molar refractivity (Wildman–Crippen MR) is 75.9 cm³/mol. The highest BCUT2D eigenvalue weighted by Crippen LogP contribution is 2.30. The molecule has 0 saturated carbocycles. The number of esters is 1. The van der Waals surface area contributed by atoms with Crippen molar-refractivity contribution in [3.63, 3.8) is 0 Å². The Bertz CT molecular complexity index is 284. The Labute approximate surface area is 117 Å². The molecule has 1 aliphatic heterocycles. The summed E-state index contributed by atoms with van der Waals surface area (Å²) in [6, 6.07) is 0. The van der Waals surface area contributed by atoms with Crippen LogP contribution in [0.15, 0.2) is 0 Å². The van der Waals surface area contributed by atoms with Crippen molar-refractivity contribution in [1.29, 1.82) is 0 Å². The van der Waals surface area contributed by atoms with Crippen LogP contribution in [0.2, 0.25) is 0 Å². The van der Waals surface area contributed by atoms with Crippen molar-refractivity contribution in [3.05, 3.63) is 0 Å². The first kappa shape index (κ1) is 17.7. The molecule has 0 aliphatic carbocycles. The average Bonchev–Trinajstić information content (AvgIpc) is 2.68. The van der Waals surface area contributed by atoms with E-state index >= 15 is 0 Å². The standard InChI is InChI=1S/C13H26N2O2.ClH/c1-12(2,11(16)17-4)5-7-15-8-6-13(3,9-14)10-15;/h5-10,14H2,1-4H3;1H. The third kappa shape index (κ3) is 4.41. The van der Waals surface area contributed by atoms with E-state index in [1.54, 1.807) is 0 Å². The summed E-state index contributed by atoms with van der Waals surface area (Å²) in [5.74, 6) is -0.127. The number of carbonyl (C=O) groups is 1. The topological polar surface area (TPSA) is 55.6 Å².